The quantitative estimate of drug-likeness (QED) is 0.0169. The van der Waals surface area contributed by atoms with Crippen molar-refractivity contribution in [3.63, 3.8) is 0 Å². The van der Waals surface area contributed by atoms with Crippen molar-refractivity contribution in [3.8, 4) is 0 Å². The molecule has 0 aromatic carbocycles. The Labute approximate surface area is 678 Å². The number of aliphatic hydroxyl groups excluding tert-OH is 1. The summed E-state index contributed by atoms with van der Waals surface area (Å²) in [6.45, 7) is 4.38. The Kier molecular flexibility index (Phi) is 78.4. The third-order valence-corrected chi connectivity index (χ3v) is 18.9. The fourth-order valence-electron chi connectivity index (χ4n) is 10.7. The van der Waals surface area contributed by atoms with Gasteiger partial charge in [0.25, 0.3) is 0 Å². The molecule has 0 aromatic heterocycles. The largest absolute Gasteiger partial charge is 0.472 e. The average molecular weight is 1600 g/mol. The Morgan fingerprint density at radius 3 is 0.759 bits per heavy atom. The third kappa shape index (κ3) is 81.9. The lowest BCUT2D eigenvalue weighted by atomic mass is 10.1. The van der Waals surface area contributed by atoms with Gasteiger partial charge in [-0.25, -0.2) is 9.13 Å². The Morgan fingerprint density at radius 2 is 0.473 bits per heavy atom. The van der Waals surface area contributed by atoms with Crippen LogP contribution in [0.25, 0.3) is 0 Å². The summed E-state index contributed by atoms with van der Waals surface area (Å²) < 4.78 is 68.7. The zero-order valence-corrected chi connectivity index (χ0v) is 71.3. The fraction of sp³-hybridized carbons (Fsp3) is 0.613. The van der Waals surface area contributed by atoms with Crippen LogP contribution in [-0.2, 0) is 65.4 Å². The first-order chi connectivity index (χ1) is 54.7. The number of ether oxygens (including phenoxy) is 4. The van der Waals surface area contributed by atoms with Crippen LogP contribution in [0.3, 0.4) is 0 Å². The highest BCUT2D eigenvalue weighted by molar-refractivity contribution is 7.47. The number of hydrogen-bond acceptors (Lipinski definition) is 15. The van der Waals surface area contributed by atoms with Gasteiger partial charge in [-0.05, 0) is 180 Å². The zero-order valence-electron chi connectivity index (χ0n) is 69.5. The van der Waals surface area contributed by atoms with E-state index in [0.29, 0.717) is 32.1 Å². The van der Waals surface area contributed by atoms with Crippen molar-refractivity contribution >= 4 is 39.5 Å². The SMILES string of the molecule is CC/C=C\C/C=C\C/C=C\C/C=C\C/C=C\CCCCCC(=O)OCC(COP(=O)(O)OCC(O)COP(=O)(O)OCC(COC(=O)CCC/C=C\C/C=C\C/C=C\C/C=C\C/C=C\CC)OC(=O)CCCCCCCCC/C=C\C/C=C\C/C=C\CC)OC(=O)CCCCCCCC/C=C\C/C=C\C/C=C\CCCCC. The van der Waals surface area contributed by atoms with Crippen LogP contribution in [0.2, 0.25) is 0 Å². The van der Waals surface area contributed by atoms with Crippen molar-refractivity contribution in [2.75, 3.05) is 39.6 Å². The molecule has 0 radical (unpaired) electrons. The van der Waals surface area contributed by atoms with Gasteiger partial charge in [0.2, 0.25) is 0 Å². The maximum Gasteiger partial charge on any atom is 0.472 e. The number of unbranched alkanes of at least 4 members (excludes halogenated alkanes) is 20. The molecule has 0 amide bonds. The highest BCUT2D eigenvalue weighted by Crippen LogP contribution is 2.45. The van der Waals surface area contributed by atoms with E-state index in [1.54, 1.807) is 0 Å². The van der Waals surface area contributed by atoms with Crippen LogP contribution in [0.4, 0.5) is 0 Å². The minimum absolute atomic E-state index is 0.0631. The van der Waals surface area contributed by atoms with Gasteiger partial charge in [0.1, 0.15) is 19.3 Å². The summed E-state index contributed by atoms with van der Waals surface area (Å²) in [7, 11) is -10.0. The summed E-state index contributed by atoms with van der Waals surface area (Å²) >= 11 is 0. The van der Waals surface area contributed by atoms with Gasteiger partial charge < -0.3 is 33.8 Å². The molecule has 0 fully saturated rings. The van der Waals surface area contributed by atoms with Gasteiger partial charge in [-0.15, -0.1) is 0 Å². The molecular weight excluding hydrogens is 1450 g/mol. The maximum atomic E-state index is 13.2. The van der Waals surface area contributed by atoms with E-state index in [9.17, 15) is 43.2 Å². The number of carbonyl (C=O) groups excluding carboxylic acids is 4. The summed E-state index contributed by atoms with van der Waals surface area (Å²) in [6, 6.07) is 0. The van der Waals surface area contributed by atoms with Crippen molar-refractivity contribution < 1.29 is 80.2 Å². The van der Waals surface area contributed by atoms with Gasteiger partial charge in [-0.2, -0.15) is 0 Å². The van der Waals surface area contributed by atoms with E-state index in [-0.39, 0.29) is 25.7 Å². The van der Waals surface area contributed by atoms with E-state index in [1.165, 1.54) is 19.3 Å². The molecule has 0 heterocycles. The Bertz CT molecular complexity index is 2890. The molecule has 112 heavy (non-hydrogen) atoms. The van der Waals surface area contributed by atoms with Gasteiger partial charge in [0.05, 0.1) is 26.4 Å². The van der Waals surface area contributed by atoms with Crippen LogP contribution >= 0.6 is 15.6 Å². The van der Waals surface area contributed by atoms with E-state index < -0.39 is 97.5 Å². The molecule has 0 bridgehead atoms. The Balaban J connectivity index is 5.51. The first-order valence-corrected chi connectivity index (χ1v) is 45.7. The summed E-state index contributed by atoms with van der Waals surface area (Å²) in [6.07, 6.45) is 103. The predicted molar refractivity (Wildman–Crippen MR) is 463 cm³/mol. The van der Waals surface area contributed by atoms with Crippen molar-refractivity contribution in [2.45, 2.75) is 329 Å². The number of phosphoric ester groups is 2. The van der Waals surface area contributed by atoms with E-state index >= 15 is 0 Å². The summed E-state index contributed by atoms with van der Waals surface area (Å²) in [5.74, 6) is -2.32. The molecule has 0 rings (SSSR count). The summed E-state index contributed by atoms with van der Waals surface area (Å²) in [4.78, 5) is 73.3. The average Bonchev–Trinajstić information content (AvgIpc) is 0.898. The van der Waals surface area contributed by atoms with Crippen LogP contribution < -0.4 is 0 Å². The maximum absolute atomic E-state index is 13.2. The third-order valence-electron chi connectivity index (χ3n) is 17.0. The van der Waals surface area contributed by atoms with Crippen LogP contribution in [0.15, 0.2) is 194 Å². The van der Waals surface area contributed by atoms with E-state index in [2.05, 4.69) is 210 Å². The van der Waals surface area contributed by atoms with Crippen molar-refractivity contribution in [3.05, 3.63) is 194 Å². The molecule has 0 saturated heterocycles. The highest BCUT2D eigenvalue weighted by atomic mass is 31.2. The highest BCUT2D eigenvalue weighted by Gasteiger charge is 2.30. The van der Waals surface area contributed by atoms with E-state index in [4.69, 9.17) is 37.0 Å². The van der Waals surface area contributed by atoms with Gasteiger partial charge in [0.15, 0.2) is 12.2 Å². The number of aliphatic hydroxyl groups is 1. The normalized spacial score (nSPS) is 14.7. The van der Waals surface area contributed by atoms with Crippen LogP contribution in [-0.4, -0.2) is 96.7 Å². The first kappa shape index (κ1) is 106. The molecule has 0 aliphatic heterocycles. The molecule has 5 atom stereocenters. The number of allylic oxidation sites excluding steroid dienone is 32. The lowest BCUT2D eigenvalue weighted by Gasteiger charge is -2.21. The first-order valence-electron chi connectivity index (χ1n) is 42.7. The molecule has 5 unspecified atom stereocenters. The molecule has 0 aromatic rings. The molecule has 634 valence electrons. The molecule has 0 saturated carbocycles. The van der Waals surface area contributed by atoms with Crippen LogP contribution in [0.1, 0.15) is 310 Å². The lowest BCUT2D eigenvalue weighted by Crippen LogP contribution is -2.30. The number of esters is 4. The Morgan fingerprint density at radius 1 is 0.259 bits per heavy atom. The minimum atomic E-state index is -5.01. The number of hydrogen-bond donors (Lipinski definition) is 3. The second kappa shape index (κ2) is 82.9. The molecule has 0 aliphatic carbocycles. The van der Waals surface area contributed by atoms with Gasteiger partial charge >= 0.3 is 39.5 Å². The monoisotopic (exact) mass is 1600 g/mol. The summed E-state index contributed by atoms with van der Waals surface area (Å²) in [5, 5.41) is 10.7. The van der Waals surface area contributed by atoms with E-state index in [0.717, 1.165) is 205 Å². The van der Waals surface area contributed by atoms with E-state index in [1.807, 2.05) is 12.2 Å². The van der Waals surface area contributed by atoms with Crippen molar-refractivity contribution in [1.82, 2.24) is 0 Å². The summed E-state index contributed by atoms with van der Waals surface area (Å²) in [5.41, 5.74) is 0. The second-order valence-corrected chi connectivity index (χ2v) is 30.5. The molecular formula is C93H150O17P2. The van der Waals surface area contributed by atoms with Gasteiger partial charge in [-0.3, -0.25) is 37.3 Å². The van der Waals surface area contributed by atoms with Gasteiger partial charge in [-0.1, -0.05) is 299 Å². The topological polar surface area (TPSA) is 237 Å². The zero-order chi connectivity index (χ0) is 81.7. The minimum Gasteiger partial charge on any atom is -0.462 e. The van der Waals surface area contributed by atoms with Crippen LogP contribution in [0, 0.1) is 0 Å². The predicted octanol–water partition coefficient (Wildman–Crippen LogP) is 25.7. The van der Waals surface area contributed by atoms with Crippen molar-refractivity contribution in [2.24, 2.45) is 0 Å². The fourth-order valence-corrected chi connectivity index (χ4v) is 12.2. The van der Waals surface area contributed by atoms with Crippen LogP contribution in [0.5, 0.6) is 0 Å². The lowest BCUT2D eigenvalue weighted by molar-refractivity contribution is -0.161. The number of phosphoric acid groups is 2. The molecule has 0 aliphatic rings. The molecule has 3 N–H and O–H groups in total. The van der Waals surface area contributed by atoms with Gasteiger partial charge in [0, 0.05) is 25.7 Å². The Hall–Kier alpha value is -6.10. The molecule has 19 heteroatoms. The van der Waals surface area contributed by atoms with Crippen molar-refractivity contribution in [1.29, 1.82) is 0 Å². The second-order valence-electron chi connectivity index (χ2n) is 27.6. The standard InChI is InChI=1S/C93H150O17P2/c1-5-9-13-17-21-25-29-33-37-41-43-47-50-54-58-62-66-70-74-78-91(96)104-84-89(110-93(98)80-76-72-68-64-60-56-52-48-44-42-38-34-30-26-22-18-14-10-6-2)86-108-112(101,102)106-82-87(94)81-105-111(99,100)107-85-88(109-92(97)79-75-71-67-63-59-55-51-46-40-36-32-28-24-20-16-12-8-4)83-103-90(95)77-73-69-65-61-57-53-49-45-39-35-31-27-23-19-15-11-7-3/h9,11-13,15-16,21-28,33-40,43-44,47-49,53-54,58,61,65,87-89,94H,5-8,10,14,17-20,29-32,41-42,45-46,50-52,55-57,59-60,62-64,66-86H2,1-4H3,(H,99,100)(H,101,102)/b13-9-,15-11-,16-12-,25-21-,26-22-,27-23-,28-24-,37-33-,38-34-,39-35-,40-36-,47-43-,48-44-,53-49-,58-54-,65-61-. The molecule has 17 nitrogen and oxygen atoms in total. The smallest absolute Gasteiger partial charge is 0.462 e. The number of rotatable bonds is 78. The molecule has 0 spiro atoms. The number of carbonyl (C=O) groups is 4.